The molecule has 0 radical (unpaired) electrons. The fraction of sp³-hybridized carbons (Fsp3) is 0.500. The van der Waals surface area contributed by atoms with Crippen LogP contribution in [0.4, 0.5) is 0 Å². The van der Waals surface area contributed by atoms with Crippen molar-refractivity contribution in [1.82, 2.24) is 0 Å². The van der Waals surface area contributed by atoms with Crippen LogP contribution in [-0.4, -0.2) is 49.7 Å². The smallest absolute Gasteiger partial charge is 0.549 e. The number of carboxylic acids is 2. The predicted octanol–water partition coefficient (Wildman–Crippen LogP) is -2.59. The summed E-state index contributed by atoms with van der Waals surface area (Å²) in [7, 11) is 0. The van der Waals surface area contributed by atoms with Crippen LogP contribution in [-0.2, 0) is 9.59 Å². The van der Waals surface area contributed by atoms with Crippen molar-refractivity contribution in [2.24, 2.45) is 11.8 Å². The second kappa shape index (κ2) is 11.3. The van der Waals surface area contributed by atoms with Gasteiger partial charge < -0.3 is 19.8 Å². The largest absolute Gasteiger partial charge is 2.00 e. The third-order valence-electron chi connectivity index (χ3n) is 1.09. The Morgan fingerprint density at radius 2 is 1.20 bits per heavy atom. The Morgan fingerprint density at radius 1 is 1.00 bits per heavy atom. The van der Waals surface area contributed by atoms with Gasteiger partial charge in [-0.2, -0.15) is 10.5 Å². The van der Waals surface area contributed by atoms with Crippen LogP contribution in [0.5, 0.6) is 0 Å². The Hall–Kier alpha value is -0.820. The number of hydrogen-bond donors (Lipinski definition) is 0. The van der Waals surface area contributed by atoms with E-state index < -0.39 is 23.8 Å². The SMILES string of the molecule is CC(C#N)C(=O)[O-].CC(C#N)C(=O)[O-].[Ca+2]. The molecule has 6 nitrogen and oxygen atoms in total. The van der Waals surface area contributed by atoms with Gasteiger partial charge in [-0.05, 0) is 13.8 Å². The first-order valence-corrected chi connectivity index (χ1v) is 3.57. The van der Waals surface area contributed by atoms with Crippen LogP contribution < -0.4 is 10.2 Å². The van der Waals surface area contributed by atoms with Gasteiger partial charge in [-0.15, -0.1) is 0 Å². The van der Waals surface area contributed by atoms with Gasteiger partial charge in [0.25, 0.3) is 0 Å². The summed E-state index contributed by atoms with van der Waals surface area (Å²) in [6, 6.07) is 3.00. The summed E-state index contributed by atoms with van der Waals surface area (Å²) in [6.07, 6.45) is 0. The zero-order valence-electron chi connectivity index (χ0n) is 8.39. The summed E-state index contributed by atoms with van der Waals surface area (Å²) in [5.41, 5.74) is 0. The Bertz CT molecular complexity index is 262. The van der Waals surface area contributed by atoms with E-state index in [4.69, 9.17) is 10.5 Å². The van der Waals surface area contributed by atoms with E-state index in [0.29, 0.717) is 0 Å². The molecule has 15 heavy (non-hydrogen) atoms. The molecular weight excluding hydrogens is 228 g/mol. The first-order valence-electron chi connectivity index (χ1n) is 3.57. The Kier molecular flexibility index (Phi) is 14.8. The summed E-state index contributed by atoms with van der Waals surface area (Å²) < 4.78 is 0. The number of carboxylic acid groups (broad SMARTS) is 2. The molecule has 0 aromatic carbocycles. The van der Waals surface area contributed by atoms with Crippen molar-refractivity contribution in [1.29, 1.82) is 10.5 Å². The van der Waals surface area contributed by atoms with Gasteiger partial charge >= 0.3 is 37.7 Å². The molecule has 0 heterocycles. The first kappa shape index (κ1) is 19.7. The van der Waals surface area contributed by atoms with Gasteiger partial charge in [0.2, 0.25) is 0 Å². The van der Waals surface area contributed by atoms with Crippen molar-refractivity contribution in [2.45, 2.75) is 13.8 Å². The van der Waals surface area contributed by atoms with Crippen LogP contribution in [0.2, 0.25) is 0 Å². The van der Waals surface area contributed by atoms with E-state index in [9.17, 15) is 19.8 Å². The fourth-order valence-corrected chi connectivity index (χ4v) is 0.105. The molecule has 0 rings (SSSR count). The third-order valence-corrected chi connectivity index (χ3v) is 1.09. The number of rotatable bonds is 2. The van der Waals surface area contributed by atoms with Gasteiger partial charge in [-0.25, -0.2) is 0 Å². The normalized spacial score (nSPS) is 11.2. The molecule has 0 aliphatic heterocycles. The maximum absolute atomic E-state index is 9.60. The van der Waals surface area contributed by atoms with E-state index in [0.717, 1.165) is 0 Å². The summed E-state index contributed by atoms with van der Waals surface area (Å²) in [5, 5.41) is 34.9. The van der Waals surface area contributed by atoms with Crippen LogP contribution in [0.25, 0.3) is 0 Å². The zero-order chi connectivity index (χ0) is 11.7. The van der Waals surface area contributed by atoms with E-state index in [2.05, 4.69) is 0 Å². The number of carbonyl (C=O) groups excluding carboxylic acids is 2. The molecule has 0 aliphatic rings. The Balaban J connectivity index is -0.000000180. The van der Waals surface area contributed by atoms with Crippen LogP contribution in [0.1, 0.15) is 13.8 Å². The van der Waals surface area contributed by atoms with E-state index >= 15 is 0 Å². The molecule has 0 N–H and O–H groups in total. The van der Waals surface area contributed by atoms with E-state index in [-0.39, 0.29) is 37.7 Å². The molecule has 2 unspecified atom stereocenters. The quantitative estimate of drug-likeness (QED) is 0.484. The number of nitrogens with zero attached hydrogens (tertiary/aromatic N) is 2. The molecule has 0 aromatic rings. The van der Waals surface area contributed by atoms with Crippen molar-refractivity contribution in [3.05, 3.63) is 0 Å². The monoisotopic (exact) mass is 236 g/mol. The number of carbonyl (C=O) groups is 2. The van der Waals surface area contributed by atoms with Gasteiger partial charge in [0, 0.05) is 0 Å². The Labute approximate surface area is 117 Å². The van der Waals surface area contributed by atoms with Crippen LogP contribution in [0.15, 0.2) is 0 Å². The maximum Gasteiger partial charge on any atom is 2.00 e. The van der Waals surface area contributed by atoms with Gasteiger partial charge in [0.1, 0.15) is 0 Å². The molecule has 0 spiro atoms. The standard InChI is InChI=1S/2C4H5NO2.Ca/c2*1-3(2-5)4(6)7;/h2*3H,1H3,(H,6,7);/q;;+2/p-2. The minimum Gasteiger partial charge on any atom is -0.549 e. The predicted molar refractivity (Wildman–Crippen MR) is 45.3 cm³/mol. The first-order chi connectivity index (χ1) is 6.36. The number of nitriles is 2. The topological polar surface area (TPSA) is 128 Å². The molecule has 0 saturated heterocycles. The molecule has 7 heteroatoms. The van der Waals surface area contributed by atoms with E-state index in [1.165, 1.54) is 26.0 Å². The third kappa shape index (κ3) is 13.2. The van der Waals surface area contributed by atoms with Crippen LogP contribution >= 0.6 is 0 Å². The number of hydrogen-bond acceptors (Lipinski definition) is 6. The molecule has 2 atom stereocenters. The van der Waals surface area contributed by atoms with Gasteiger partial charge in [-0.1, -0.05) is 0 Å². The molecule has 0 saturated carbocycles. The molecule has 0 amide bonds. The average Bonchev–Trinajstić information content (AvgIpc) is 2.15. The maximum atomic E-state index is 9.60. The summed E-state index contributed by atoms with van der Waals surface area (Å²) in [5.74, 6) is -4.61. The van der Waals surface area contributed by atoms with Gasteiger partial charge in [-0.3, -0.25) is 0 Å². The van der Waals surface area contributed by atoms with E-state index in [1.807, 2.05) is 0 Å². The molecule has 0 fully saturated rings. The molecule has 0 bridgehead atoms. The fourth-order valence-electron chi connectivity index (χ4n) is 0.105. The van der Waals surface area contributed by atoms with E-state index in [1.54, 1.807) is 0 Å². The summed E-state index contributed by atoms with van der Waals surface area (Å²) >= 11 is 0. The molecule has 76 valence electrons. The minimum absolute atomic E-state index is 0. The second-order valence-electron chi connectivity index (χ2n) is 2.34. The molecular formula is C8H8CaN2O4. The van der Waals surface area contributed by atoms with Crippen molar-refractivity contribution < 1.29 is 19.8 Å². The van der Waals surface area contributed by atoms with Gasteiger partial charge in [0.05, 0.1) is 35.9 Å². The van der Waals surface area contributed by atoms with Crippen molar-refractivity contribution in [3.63, 3.8) is 0 Å². The molecule has 0 aromatic heterocycles. The Morgan fingerprint density at radius 3 is 1.20 bits per heavy atom. The number of aliphatic carboxylic acids is 2. The van der Waals surface area contributed by atoms with Crippen molar-refractivity contribution in [2.75, 3.05) is 0 Å². The van der Waals surface area contributed by atoms with Crippen LogP contribution in [0, 0.1) is 34.5 Å². The summed E-state index contributed by atoms with van der Waals surface area (Å²) in [4.78, 5) is 19.2. The second-order valence-corrected chi connectivity index (χ2v) is 2.34. The van der Waals surface area contributed by atoms with Crippen molar-refractivity contribution in [3.8, 4) is 12.1 Å². The van der Waals surface area contributed by atoms with Crippen LogP contribution in [0.3, 0.4) is 0 Å². The van der Waals surface area contributed by atoms with Gasteiger partial charge in [0.15, 0.2) is 0 Å². The zero-order valence-corrected chi connectivity index (χ0v) is 10.6. The average molecular weight is 236 g/mol. The molecule has 0 aliphatic carbocycles. The summed E-state index contributed by atoms with van der Waals surface area (Å²) in [6.45, 7) is 2.55. The van der Waals surface area contributed by atoms with Crippen molar-refractivity contribution >= 4 is 49.7 Å². The minimum atomic E-state index is -1.32.